The minimum atomic E-state index is 0.0367. The summed E-state index contributed by atoms with van der Waals surface area (Å²) in [7, 11) is 1.77. The standard InChI is InChI=1S/C18H13N7O/c1-25-13-9-5-3-7-11(13)15(17(25)26)22-24-18-20-16-14(21-23-18)10-6-2-4-8-12(10)19-16/h2-9,26H,1H3,(H,19,20,23). The van der Waals surface area contributed by atoms with Crippen molar-refractivity contribution in [2.24, 2.45) is 17.3 Å². The van der Waals surface area contributed by atoms with Crippen molar-refractivity contribution in [1.29, 1.82) is 0 Å². The van der Waals surface area contributed by atoms with Crippen molar-refractivity contribution in [3.05, 3.63) is 48.5 Å². The van der Waals surface area contributed by atoms with Gasteiger partial charge in [-0.25, -0.2) is 0 Å². The van der Waals surface area contributed by atoms with Crippen molar-refractivity contribution in [2.75, 3.05) is 0 Å². The zero-order chi connectivity index (χ0) is 17.7. The molecule has 126 valence electrons. The molecule has 0 bridgehead atoms. The highest BCUT2D eigenvalue weighted by Gasteiger charge is 2.14. The number of fused-ring (bicyclic) bond motifs is 4. The fraction of sp³-hybridized carbons (Fsp3) is 0.0556. The number of benzene rings is 2. The average Bonchev–Trinajstić information content (AvgIpc) is 3.16. The van der Waals surface area contributed by atoms with Crippen molar-refractivity contribution in [2.45, 2.75) is 0 Å². The van der Waals surface area contributed by atoms with E-state index in [-0.39, 0.29) is 11.8 Å². The number of aromatic hydroxyl groups is 1. The van der Waals surface area contributed by atoms with Crippen LogP contribution in [0.15, 0.2) is 58.8 Å². The van der Waals surface area contributed by atoms with E-state index in [0.29, 0.717) is 16.9 Å². The summed E-state index contributed by atoms with van der Waals surface area (Å²) in [6, 6.07) is 15.4. The zero-order valence-electron chi connectivity index (χ0n) is 13.7. The maximum absolute atomic E-state index is 10.3. The molecule has 3 heterocycles. The van der Waals surface area contributed by atoms with Crippen LogP contribution in [-0.2, 0) is 7.05 Å². The van der Waals surface area contributed by atoms with E-state index in [0.717, 1.165) is 21.8 Å². The normalized spacial score (nSPS) is 12.0. The number of para-hydroxylation sites is 2. The van der Waals surface area contributed by atoms with E-state index < -0.39 is 0 Å². The summed E-state index contributed by atoms with van der Waals surface area (Å²) in [5.74, 6) is 0.158. The molecule has 2 N–H and O–H groups in total. The summed E-state index contributed by atoms with van der Waals surface area (Å²) in [4.78, 5) is 7.56. The SMILES string of the molecule is Cn1c(O)c(N=Nc2nnc3c(n2)[nH]c2ccccc23)c2ccccc21. The minimum Gasteiger partial charge on any atom is -0.493 e. The molecule has 0 aliphatic heterocycles. The smallest absolute Gasteiger partial charge is 0.289 e. The lowest BCUT2D eigenvalue weighted by atomic mass is 10.2. The van der Waals surface area contributed by atoms with Crippen molar-refractivity contribution in [1.82, 2.24) is 24.7 Å². The van der Waals surface area contributed by atoms with Crippen LogP contribution < -0.4 is 0 Å². The Morgan fingerprint density at radius 2 is 1.73 bits per heavy atom. The first-order valence-electron chi connectivity index (χ1n) is 8.01. The first-order chi connectivity index (χ1) is 12.7. The van der Waals surface area contributed by atoms with Crippen LogP contribution in [0.25, 0.3) is 33.0 Å². The average molecular weight is 343 g/mol. The van der Waals surface area contributed by atoms with Crippen LogP contribution in [0.3, 0.4) is 0 Å². The molecule has 0 aliphatic carbocycles. The Labute approximate surface area is 146 Å². The summed E-state index contributed by atoms with van der Waals surface area (Å²) in [5, 5.41) is 28.5. The molecule has 0 spiro atoms. The van der Waals surface area contributed by atoms with Gasteiger partial charge in [-0.3, -0.25) is 0 Å². The Kier molecular flexibility index (Phi) is 2.99. The van der Waals surface area contributed by atoms with E-state index >= 15 is 0 Å². The number of hydrogen-bond acceptors (Lipinski definition) is 6. The lowest BCUT2D eigenvalue weighted by Crippen LogP contribution is -1.86. The van der Waals surface area contributed by atoms with E-state index in [1.165, 1.54) is 0 Å². The number of azo groups is 1. The predicted octanol–water partition coefficient (Wildman–Crippen LogP) is 4.12. The monoisotopic (exact) mass is 343 g/mol. The second kappa shape index (κ2) is 5.35. The molecule has 3 aromatic heterocycles. The fourth-order valence-electron chi connectivity index (χ4n) is 3.11. The second-order valence-electron chi connectivity index (χ2n) is 5.93. The largest absolute Gasteiger partial charge is 0.493 e. The highest BCUT2D eigenvalue weighted by molar-refractivity contribution is 6.03. The number of H-pyrrole nitrogens is 1. The van der Waals surface area contributed by atoms with Crippen molar-refractivity contribution >= 4 is 44.6 Å². The van der Waals surface area contributed by atoms with Gasteiger partial charge in [0.25, 0.3) is 5.95 Å². The van der Waals surface area contributed by atoms with Gasteiger partial charge in [-0.05, 0) is 12.1 Å². The molecule has 0 atom stereocenters. The first-order valence-corrected chi connectivity index (χ1v) is 8.01. The Balaban J connectivity index is 1.61. The van der Waals surface area contributed by atoms with E-state index in [2.05, 4.69) is 30.4 Å². The molecule has 0 saturated heterocycles. The van der Waals surface area contributed by atoms with Gasteiger partial charge in [0.15, 0.2) is 11.3 Å². The maximum Gasteiger partial charge on any atom is 0.289 e. The van der Waals surface area contributed by atoms with Gasteiger partial charge in [0, 0.05) is 23.3 Å². The van der Waals surface area contributed by atoms with E-state index in [4.69, 9.17) is 0 Å². The quantitative estimate of drug-likeness (QED) is 0.470. The lowest BCUT2D eigenvalue weighted by molar-refractivity contribution is 0.436. The fourth-order valence-corrected chi connectivity index (χ4v) is 3.11. The lowest BCUT2D eigenvalue weighted by Gasteiger charge is -1.95. The van der Waals surface area contributed by atoms with Crippen LogP contribution in [0.1, 0.15) is 0 Å². The number of nitrogens with one attached hydrogen (secondary N) is 1. The Morgan fingerprint density at radius 1 is 0.962 bits per heavy atom. The van der Waals surface area contributed by atoms with Gasteiger partial charge in [-0.2, -0.15) is 4.98 Å². The molecule has 0 fully saturated rings. The van der Waals surface area contributed by atoms with Crippen LogP contribution in [0.2, 0.25) is 0 Å². The number of aromatic nitrogens is 5. The molecule has 0 radical (unpaired) electrons. The molecule has 0 unspecified atom stereocenters. The van der Waals surface area contributed by atoms with Crippen LogP contribution >= 0.6 is 0 Å². The molecule has 0 aliphatic rings. The number of aromatic amines is 1. The van der Waals surface area contributed by atoms with Gasteiger partial charge in [0.05, 0.1) is 5.52 Å². The molecular weight excluding hydrogens is 330 g/mol. The third-order valence-corrected chi connectivity index (χ3v) is 4.40. The van der Waals surface area contributed by atoms with E-state index in [1.54, 1.807) is 11.6 Å². The molecule has 5 aromatic rings. The van der Waals surface area contributed by atoms with Gasteiger partial charge in [-0.15, -0.1) is 20.4 Å². The molecule has 26 heavy (non-hydrogen) atoms. The van der Waals surface area contributed by atoms with Gasteiger partial charge >= 0.3 is 0 Å². The highest BCUT2D eigenvalue weighted by Crippen LogP contribution is 2.38. The van der Waals surface area contributed by atoms with Crippen LogP contribution in [0.5, 0.6) is 5.88 Å². The topological polar surface area (TPSA) is 104 Å². The van der Waals surface area contributed by atoms with Crippen molar-refractivity contribution in [3.63, 3.8) is 0 Å². The molecule has 0 amide bonds. The Morgan fingerprint density at radius 3 is 2.62 bits per heavy atom. The van der Waals surface area contributed by atoms with Crippen molar-refractivity contribution in [3.8, 4) is 5.88 Å². The molecule has 8 nitrogen and oxygen atoms in total. The number of rotatable bonds is 2. The summed E-state index contributed by atoms with van der Waals surface area (Å²) >= 11 is 0. The first kappa shape index (κ1) is 14.5. The number of aryl methyl sites for hydroxylation is 1. The van der Waals surface area contributed by atoms with Crippen LogP contribution in [-0.4, -0.2) is 29.8 Å². The highest BCUT2D eigenvalue weighted by atomic mass is 16.3. The zero-order valence-corrected chi connectivity index (χ0v) is 13.7. The summed E-state index contributed by atoms with van der Waals surface area (Å²) in [6.07, 6.45) is 0. The van der Waals surface area contributed by atoms with E-state index in [1.807, 2.05) is 48.5 Å². The van der Waals surface area contributed by atoms with Gasteiger partial charge in [0.1, 0.15) is 5.52 Å². The predicted molar refractivity (Wildman–Crippen MR) is 97.9 cm³/mol. The van der Waals surface area contributed by atoms with Crippen LogP contribution in [0, 0.1) is 0 Å². The van der Waals surface area contributed by atoms with Gasteiger partial charge in [-0.1, -0.05) is 36.4 Å². The number of nitrogens with zero attached hydrogens (tertiary/aromatic N) is 6. The van der Waals surface area contributed by atoms with Gasteiger partial charge in [0.2, 0.25) is 5.88 Å². The van der Waals surface area contributed by atoms with Crippen LogP contribution in [0.4, 0.5) is 11.6 Å². The third-order valence-electron chi connectivity index (χ3n) is 4.40. The second-order valence-corrected chi connectivity index (χ2v) is 5.93. The molecule has 0 saturated carbocycles. The Bertz CT molecular complexity index is 1320. The summed E-state index contributed by atoms with van der Waals surface area (Å²) in [5.41, 5.74) is 3.46. The van der Waals surface area contributed by atoms with Gasteiger partial charge < -0.3 is 14.7 Å². The number of hydrogen-bond donors (Lipinski definition) is 2. The Hall–Kier alpha value is -3.81. The minimum absolute atomic E-state index is 0.0367. The molecule has 2 aromatic carbocycles. The van der Waals surface area contributed by atoms with E-state index in [9.17, 15) is 5.11 Å². The molecule has 5 rings (SSSR count). The molecular formula is C18H13N7O. The summed E-state index contributed by atoms with van der Waals surface area (Å²) in [6.45, 7) is 0. The summed E-state index contributed by atoms with van der Waals surface area (Å²) < 4.78 is 1.66. The molecule has 8 heteroatoms. The third kappa shape index (κ3) is 2.05. The maximum atomic E-state index is 10.3. The van der Waals surface area contributed by atoms with Crippen molar-refractivity contribution < 1.29 is 5.11 Å².